The molecule has 86 valence electrons. The lowest BCUT2D eigenvalue weighted by Crippen LogP contribution is -2.64. The van der Waals surface area contributed by atoms with Gasteiger partial charge >= 0.3 is 6.03 Å². The molecule has 0 spiro atoms. The van der Waals surface area contributed by atoms with Gasteiger partial charge in [-0.15, -0.1) is 0 Å². The zero-order valence-electron chi connectivity index (χ0n) is 9.41. The van der Waals surface area contributed by atoms with Crippen molar-refractivity contribution in [1.82, 2.24) is 9.80 Å². The fraction of sp³-hybridized carbons (Fsp3) is 0.909. The maximum atomic E-state index is 12.0. The van der Waals surface area contributed by atoms with Gasteiger partial charge in [-0.05, 0) is 19.8 Å². The summed E-state index contributed by atoms with van der Waals surface area (Å²) in [5, 5.41) is 9.57. The van der Waals surface area contributed by atoms with Crippen molar-refractivity contribution < 1.29 is 9.90 Å². The Morgan fingerprint density at radius 3 is 2.07 bits per heavy atom. The van der Waals surface area contributed by atoms with E-state index in [0.717, 1.165) is 25.9 Å². The van der Waals surface area contributed by atoms with Crippen LogP contribution in [0.15, 0.2) is 0 Å². The highest BCUT2D eigenvalue weighted by Gasteiger charge is 2.40. The molecule has 0 aliphatic carbocycles. The Hall–Kier alpha value is -0.770. The summed E-state index contributed by atoms with van der Waals surface area (Å²) < 4.78 is 0. The summed E-state index contributed by atoms with van der Waals surface area (Å²) >= 11 is 0. The summed E-state index contributed by atoms with van der Waals surface area (Å²) in [4.78, 5) is 15.6. The van der Waals surface area contributed by atoms with Crippen molar-refractivity contribution in [3.63, 3.8) is 0 Å². The molecular weight excluding hydrogens is 192 g/mol. The van der Waals surface area contributed by atoms with Gasteiger partial charge in [0.1, 0.15) is 0 Å². The Labute approximate surface area is 90.9 Å². The molecule has 0 bridgehead atoms. The molecular formula is C11H20N2O2. The number of nitrogens with zero attached hydrogens (tertiary/aromatic N) is 2. The Morgan fingerprint density at radius 1 is 1.07 bits per heavy atom. The second kappa shape index (κ2) is 4.00. The van der Waals surface area contributed by atoms with E-state index in [4.69, 9.17) is 0 Å². The van der Waals surface area contributed by atoms with Crippen LogP contribution in [0.4, 0.5) is 4.79 Å². The van der Waals surface area contributed by atoms with Crippen LogP contribution >= 0.6 is 0 Å². The number of hydrogen-bond donors (Lipinski definition) is 1. The third-order valence-electron chi connectivity index (χ3n) is 3.21. The van der Waals surface area contributed by atoms with E-state index in [1.807, 2.05) is 4.90 Å². The van der Waals surface area contributed by atoms with Crippen molar-refractivity contribution in [2.75, 3.05) is 26.2 Å². The van der Waals surface area contributed by atoms with Gasteiger partial charge in [0.2, 0.25) is 0 Å². The zero-order chi connectivity index (χ0) is 10.9. The van der Waals surface area contributed by atoms with Gasteiger partial charge in [0.05, 0.1) is 18.7 Å². The predicted molar refractivity (Wildman–Crippen MR) is 57.6 cm³/mol. The SMILES string of the molecule is CC1(O)CN(C(=O)N2CCCCCC2)C1. The molecule has 0 aromatic rings. The average Bonchev–Trinajstić information content (AvgIpc) is 2.40. The maximum absolute atomic E-state index is 12.0. The Kier molecular flexibility index (Phi) is 2.87. The van der Waals surface area contributed by atoms with Crippen molar-refractivity contribution >= 4 is 6.03 Å². The van der Waals surface area contributed by atoms with Crippen LogP contribution in [-0.4, -0.2) is 52.7 Å². The Bertz CT molecular complexity index is 237. The molecule has 2 aliphatic rings. The second-order valence-electron chi connectivity index (χ2n) is 5.04. The molecule has 1 N–H and O–H groups in total. The first-order chi connectivity index (χ1) is 7.08. The minimum absolute atomic E-state index is 0.114. The summed E-state index contributed by atoms with van der Waals surface area (Å²) in [6, 6.07) is 0.114. The molecule has 4 nitrogen and oxygen atoms in total. The number of urea groups is 1. The van der Waals surface area contributed by atoms with Gasteiger partial charge in [-0.2, -0.15) is 0 Å². The number of β-amino-alcohol motifs (C(OH)–C–C–N with tert-alkyl or cyclic N) is 1. The molecule has 4 heteroatoms. The predicted octanol–water partition coefficient (Wildman–Crippen LogP) is 1.05. The van der Waals surface area contributed by atoms with Gasteiger partial charge in [0.15, 0.2) is 0 Å². The van der Waals surface area contributed by atoms with Crippen LogP contribution in [-0.2, 0) is 0 Å². The minimum Gasteiger partial charge on any atom is -0.386 e. The number of carbonyl (C=O) groups is 1. The number of rotatable bonds is 0. The lowest BCUT2D eigenvalue weighted by Gasteiger charge is -2.45. The van der Waals surface area contributed by atoms with Gasteiger partial charge in [0, 0.05) is 13.1 Å². The minimum atomic E-state index is -0.651. The lowest BCUT2D eigenvalue weighted by molar-refractivity contribution is -0.0664. The molecule has 0 aromatic carbocycles. The van der Waals surface area contributed by atoms with Crippen molar-refractivity contribution in [3.8, 4) is 0 Å². The van der Waals surface area contributed by atoms with E-state index in [2.05, 4.69) is 0 Å². The quantitative estimate of drug-likeness (QED) is 0.652. The van der Waals surface area contributed by atoms with Gasteiger partial charge < -0.3 is 14.9 Å². The number of hydrogen-bond acceptors (Lipinski definition) is 2. The summed E-state index contributed by atoms with van der Waals surface area (Å²) in [6.07, 6.45) is 4.72. The molecule has 0 aromatic heterocycles. The van der Waals surface area contributed by atoms with Gasteiger partial charge in [0.25, 0.3) is 0 Å². The summed E-state index contributed by atoms with van der Waals surface area (Å²) in [5.41, 5.74) is -0.651. The van der Waals surface area contributed by atoms with Crippen LogP contribution in [0.25, 0.3) is 0 Å². The average molecular weight is 212 g/mol. The number of aliphatic hydroxyl groups is 1. The zero-order valence-corrected chi connectivity index (χ0v) is 9.41. The highest BCUT2D eigenvalue weighted by molar-refractivity contribution is 5.75. The molecule has 2 fully saturated rings. The van der Waals surface area contributed by atoms with E-state index in [1.165, 1.54) is 12.8 Å². The first-order valence-electron chi connectivity index (χ1n) is 5.85. The van der Waals surface area contributed by atoms with Gasteiger partial charge in [-0.1, -0.05) is 12.8 Å². The van der Waals surface area contributed by atoms with E-state index in [1.54, 1.807) is 11.8 Å². The van der Waals surface area contributed by atoms with Crippen molar-refractivity contribution in [2.24, 2.45) is 0 Å². The first-order valence-corrected chi connectivity index (χ1v) is 5.85. The van der Waals surface area contributed by atoms with Crippen LogP contribution < -0.4 is 0 Å². The standard InChI is InChI=1S/C11H20N2O2/c1-11(15)8-13(9-11)10(14)12-6-4-2-3-5-7-12/h15H,2-9H2,1H3. The Balaban J connectivity index is 1.85. The van der Waals surface area contributed by atoms with Crippen LogP contribution in [0.5, 0.6) is 0 Å². The molecule has 2 heterocycles. The highest BCUT2D eigenvalue weighted by atomic mass is 16.3. The highest BCUT2D eigenvalue weighted by Crippen LogP contribution is 2.22. The third kappa shape index (κ3) is 2.43. The second-order valence-corrected chi connectivity index (χ2v) is 5.04. The molecule has 0 saturated carbocycles. The normalized spacial score (nSPS) is 25.7. The molecule has 0 atom stereocenters. The number of likely N-dealkylation sites (tertiary alicyclic amines) is 2. The van der Waals surface area contributed by atoms with Crippen molar-refractivity contribution in [3.05, 3.63) is 0 Å². The van der Waals surface area contributed by atoms with E-state index in [-0.39, 0.29) is 6.03 Å². The van der Waals surface area contributed by atoms with Gasteiger partial charge in [-0.3, -0.25) is 0 Å². The molecule has 15 heavy (non-hydrogen) atoms. The first kappa shape index (κ1) is 10.7. The summed E-state index contributed by atoms with van der Waals surface area (Å²) in [5.74, 6) is 0. The topological polar surface area (TPSA) is 43.8 Å². The van der Waals surface area contributed by atoms with Crippen LogP contribution in [0.3, 0.4) is 0 Å². The largest absolute Gasteiger partial charge is 0.386 e. The third-order valence-corrected chi connectivity index (χ3v) is 3.21. The smallest absolute Gasteiger partial charge is 0.320 e. The molecule has 2 rings (SSSR count). The monoisotopic (exact) mass is 212 g/mol. The summed E-state index contributed by atoms with van der Waals surface area (Å²) in [6.45, 7) is 4.53. The molecule has 0 radical (unpaired) electrons. The van der Waals surface area contributed by atoms with Crippen LogP contribution in [0.2, 0.25) is 0 Å². The van der Waals surface area contributed by atoms with Crippen molar-refractivity contribution in [2.45, 2.75) is 38.2 Å². The molecule has 2 aliphatic heterocycles. The fourth-order valence-electron chi connectivity index (χ4n) is 2.37. The van der Waals surface area contributed by atoms with E-state index >= 15 is 0 Å². The van der Waals surface area contributed by atoms with E-state index in [0.29, 0.717) is 13.1 Å². The maximum Gasteiger partial charge on any atom is 0.320 e. The van der Waals surface area contributed by atoms with E-state index in [9.17, 15) is 9.90 Å². The lowest BCUT2D eigenvalue weighted by atomic mass is 9.98. The summed E-state index contributed by atoms with van der Waals surface area (Å²) in [7, 11) is 0. The fourth-order valence-corrected chi connectivity index (χ4v) is 2.37. The van der Waals surface area contributed by atoms with Crippen molar-refractivity contribution in [1.29, 1.82) is 0 Å². The van der Waals surface area contributed by atoms with E-state index < -0.39 is 5.60 Å². The molecule has 2 saturated heterocycles. The van der Waals surface area contributed by atoms with Crippen LogP contribution in [0.1, 0.15) is 32.6 Å². The van der Waals surface area contributed by atoms with Crippen LogP contribution in [0, 0.1) is 0 Å². The molecule has 0 unspecified atom stereocenters. The number of amides is 2. The molecule has 2 amide bonds. The number of carbonyl (C=O) groups excluding carboxylic acids is 1. The van der Waals surface area contributed by atoms with Gasteiger partial charge in [-0.25, -0.2) is 4.79 Å². The Morgan fingerprint density at radius 2 is 1.60 bits per heavy atom.